The highest BCUT2D eigenvalue weighted by molar-refractivity contribution is 7.89. The predicted octanol–water partition coefficient (Wildman–Crippen LogP) is 1.36. The summed E-state index contributed by atoms with van der Waals surface area (Å²) in [5.41, 5.74) is 0.975. The molecule has 1 heterocycles. The van der Waals surface area contributed by atoms with E-state index in [-0.39, 0.29) is 12.3 Å². The smallest absolute Gasteiger partial charge is 0.307 e. The SMILES string of the molecule is O=C(O)C1CCCN(S(=O)(=O)CCc2ccccc2)C1. The van der Waals surface area contributed by atoms with Crippen LogP contribution in [0.15, 0.2) is 30.3 Å². The Hall–Kier alpha value is -1.40. The zero-order chi connectivity index (χ0) is 14.6. The van der Waals surface area contributed by atoms with Gasteiger partial charge in [-0.25, -0.2) is 12.7 Å². The van der Waals surface area contributed by atoms with Crippen molar-refractivity contribution in [2.75, 3.05) is 18.8 Å². The molecular formula is C14H19NO4S. The van der Waals surface area contributed by atoms with Crippen molar-refractivity contribution in [1.29, 1.82) is 0 Å². The Morgan fingerprint density at radius 1 is 1.30 bits per heavy atom. The molecule has 0 radical (unpaired) electrons. The summed E-state index contributed by atoms with van der Waals surface area (Å²) in [5, 5.41) is 9.01. The fourth-order valence-electron chi connectivity index (χ4n) is 2.42. The second-order valence-electron chi connectivity index (χ2n) is 5.09. The fourth-order valence-corrected chi connectivity index (χ4v) is 3.98. The van der Waals surface area contributed by atoms with Crippen molar-refractivity contribution in [2.45, 2.75) is 19.3 Å². The second-order valence-corrected chi connectivity index (χ2v) is 7.18. The zero-order valence-corrected chi connectivity index (χ0v) is 12.1. The Morgan fingerprint density at radius 2 is 2.00 bits per heavy atom. The molecule has 0 aromatic heterocycles. The Kier molecular flexibility index (Phi) is 4.77. The molecule has 0 saturated carbocycles. The number of aliphatic carboxylic acids is 1. The average molecular weight is 297 g/mol. The van der Waals surface area contributed by atoms with Gasteiger partial charge in [-0.15, -0.1) is 0 Å². The number of piperidine rings is 1. The highest BCUT2D eigenvalue weighted by Gasteiger charge is 2.31. The summed E-state index contributed by atoms with van der Waals surface area (Å²) in [6.07, 6.45) is 1.62. The fraction of sp³-hybridized carbons (Fsp3) is 0.500. The van der Waals surface area contributed by atoms with Gasteiger partial charge in [-0.05, 0) is 24.8 Å². The van der Waals surface area contributed by atoms with E-state index >= 15 is 0 Å². The van der Waals surface area contributed by atoms with Crippen LogP contribution >= 0.6 is 0 Å². The van der Waals surface area contributed by atoms with Gasteiger partial charge in [0.2, 0.25) is 10.0 Å². The average Bonchev–Trinajstić information content (AvgIpc) is 2.46. The van der Waals surface area contributed by atoms with Gasteiger partial charge in [-0.3, -0.25) is 4.79 Å². The number of hydrogen-bond acceptors (Lipinski definition) is 3. The minimum Gasteiger partial charge on any atom is -0.481 e. The van der Waals surface area contributed by atoms with Crippen LogP contribution < -0.4 is 0 Å². The van der Waals surface area contributed by atoms with E-state index in [1.165, 1.54) is 4.31 Å². The topological polar surface area (TPSA) is 74.7 Å². The Morgan fingerprint density at radius 3 is 2.65 bits per heavy atom. The number of sulfonamides is 1. The van der Waals surface area contributed by atoms with Crippen molar-refractivity contribution in [1.82, 2.24) is 4.31 Å². The molecule has 1 aromatic rings. The van der Waals surface area contributed by atoms with Crippen molar-refractivity contribution in [3.63, 3.8) is 0 Å². The zero-order valence-electron chi connectivity index (χ0n) is 11.2. The second kappa shape index (κ2) is 6.37. The van der Waals surface area contributed by atoms with Gasteiger partial charge < -0.3 is 5.11 Å². The first-order valence-electron chi connectivity index (χ1n) is 6.73. The van der Waals surface area contributed by atoms with Crippen molar-refractivity contribution < 1.29 is 18.3 Å². The van der Waals surface area contributed by atoms with Crippen molar-refractivity contribution in [3.8, 4) is 0 Å². The van der Waals surface area contributed by atoms with Crippen LogP contribution in [0.3, 0.4) is 0 Å². The lowest BCUT2D eigenvalue weighted by Gasteiger charge is -2.29. The molecule has 0 amide bonds. The molecule has 1 unspecified atom stereocenters. The molecule has 6 heteroatoms. The first-order valence-corrected chi connectivity index (χ1v) is 8.34. The minimum absolute atomic E-state index is 0.0311. The van der Waals surface area contributed by atoms with E-state index in [2.05, 4.69) is 0 Å². The summed E-state index contributed by atoms with van der Waals surface area (Å²) >= 11 is 0. The minimum atomic E-state index is -3.38. The number of nitrogens with zero attached hydrogens (tertiary/aromatic N) is 1. The molecule has 1 N–H and O–H groups in total. The number of rotatable bonds is 5. The maximum absolute atomic E-state index is 12.3. The van der Waals surface area contributed by atoms with Gasteiger partial charge in [-0.2, -0.15) is 0 Å². The van der Waals surface area contributed by atoms with Gasteiger partial charge >= 0.3 is 5.97 Å². The van der Waals surface area contributed by atoms with E-state index in [0.717, 1.165) is 5.56 Å². The number of carboxylic acid groups (broad SMARTS) is 1. The number of carbonyl (C=O) groups is 1. The quantitative estimate of drug-likeness (QED) is 0.890. The molecule has 110 valence electrons. The van der Waals surface area contributed by atoms with Crippen molar-refractivity contribution >= 4 is 16.0 Å². The van der Waals surface area contributed by atoms with E-state index in [9.17, 15) is 13.2 Å². The number of aryl methyl sites for hydroxylation is 1. The van der Waals surface area contributed by atoms with Gasteiger partial charge in [-0.1, -0.05) is 30.3 Å². The lowest BCUT2D eigenvalue weighted by molar-refractivity contribution is -0.142. The van der Waals surface area contributed by atoms with E-state index in [4.69, 9.17) is 5.11 Å². The molecule has 20 heavy (non-hydrogen) atoms. The lowest BCUT2D eigenvalue weighted by atomic mass is 10.0. The van der Waals surface area contributed by atoms with E-state index in [1.54, 1.807) is 0 Å². The normalized spacial score (nSPS) is 20.7. The van der Waals surface area contributed by atoms with Crippen LogP contribution in [0.4, 0.5) is 0 Å². The molecule has 1 fully saturated rings. The third kappa shape index (κ3) is 3.80. The van der Waals surface area contributed by atoms with E-state index in [0.29, 0.717) is 25.8 Å². The monoisotopic (exact) mass is 297 g/mol. The molecule has 0 aliphatic carbocycles. The van der Waals surface area contributed by atoms with E-state index < -0.39 is 21.9 Å². The molecule has 5 nitrogen and oxygen atoms in total. The summed E-state index contributed by atoms with van der Waals surface area (Å²) in [5.74, 6) is -1.45. The van der Waals surface area contributed by atoms with Crippen LogP contribution in [-0.2, 0) is 21.2 Å². The molecule has 0 bridgehead atoms. The van der Waals surface area contributed by atoms with Crippen LogP contribution in [0.25, 0.3) is 0 Å². The Bertz CT molecular complexity index is 556. The summed E-state index contributed by atoms with van der Waals surface area (Å²) in [6.45, 7) is 0.535. The summed E-state index contributed by atoms with van der Waals surface area (Å²) in [4.78, 5) is 11.0. The third-order valence-corrected chi connectivity index (χ3v) is 5.46. The van der Waals surface area contributed by atoms with Crippen LogP contribution in [0, 0.1) is 5.92 Å². The predicted molar refractivity (Wildman–Crippen MR) is 75.9 cm³/mol. The molecule has 2 rings (SSSR count). The van der Waals surface area contributed by atoms with Gasteiger partial charge in [0.15, 0.2) is 0 Å². The van der Waals surface area contributed by atoms with Gasteiger partial charge in [0.05, 0.1) is 11.7 Å². The van der Waals surface area contributed by atoms with Crippen LogP contribution in [0.2, 0.25) is 0 Å². The highest BCUT2D eigenvalue weighted by Crippen LogP contribution is 2.20. The van der Waals surface area contributed by atoms with Gasteiger partial charge in [0.25, 0.3) is 0 Å². The van der Waals surface area contributed by atoms with E-state index in [1.807, 2.05) is 30.3 Å². The maximum Gasteiger partial charge on any atom is 0.307 e. The lowest BCUT2D eigenvalue weighted by Crippen LogP contribution is -2.43. The number of carboxylic acids is 1. The summed E-state index contributed by atoms with van der Waals surface area (Å²) < 4.78 is 25.9. The third-order valence-electron chi connectivity index (χ3n) is 3.62. The highest BCUT2D eigenvalue weighted by atomic mass is 32.2. The van der Waals surface area contributed by atoms with Crippen LogP contribution in [0.1, 0.15) is 18.4 Å². The first kappa shape index (κ1) is 15.0. The first-order chi connectivity index (χ1) is 9.49. The van der Waals surface area contributed by atoms with Gasteiger partial charge in [0.1, 0.15) is 0 Å². The molecule has 1 atom stereocenters. The maximum atomic E-state index is 12.3. The van der Waals surface area contributed by atoms with Crippen LogP contribution in [-0.4, -0.2) is 42.6 Å². The largest absolute Gasteiger partial charge is 0.481 e. The summed E-state index contributed by atoms with van der Waals surface area (Å²) in [6, 6.07) is 9.43. The molecule has 0 spiro atoms. The molecule has 1 aromatic carbocycles. The molecule has 1 aliphatic rings. The Labute approximate surface area is 119 Å². The summed E-state index contributed by atoms with van der Waals surface area (Å²) in [7, 11) is -3.38. The van der Waals surface area contributed by atoms with Crippen LogP contribution in [0.5, 0.6) is 0 Å². The number of benzene rings is 1. The van der Waals surface area contributed by atoms with Crippen molar-refractivity contribution in [2.24, 2.45) is 5.92 Å². The molecular weight excluding hydrogens is 278 g/mol. The molecule has 1 saturated heterocycles. The number of hydrogen-bond donors (Lipinski definition) is 1. The Balaban J connectivity index is 1.97. The standard InChI is InChI=1S/C14H19NO4S/c16-14(17)13-7-4-9-15(11-13)20(18,19)10-8-12-5-2-1-3-6-12/h1-3,5-6,13H,4,7-11H2,(H,16,17). The van der Waals surface area contributed by atoms with Crippen molar-refractivity contribution in [3.05, 3.63) is 35.9 Å². The van der Waals surface area contributed by atoms with Gasteiger partial charge in [0, 0.05) is 13.1 Å². The molecule has 1 aliphatic heterocycles.